The van der Waals surface area contributed by atoms with Crippen LogP contribution in [0.25, 0.3) is 10.9 Å². The number of halogens is 3. The first kappa shape index (κ1) is 16.7. The Morgan fingerprint density at radius 1 is 1.21 bits per heavy atom. The molecule has 0 spiro atoms. The van der Waals surface area contributed by atoms with Gasteiger partial charge in [0.25, 0.3) is 0 Å². The van der Waals surface area contributed by atoms with Gasteiger partial charge in [0.1, 0.15) is 0 Å². The summed E-state index contributed by atoms with van der Waals surface area (Å²) in [6.07, 6.45) is 1.36. The number of nitrogens with zero attached hydrogens (tertiary/aromatic N) is 1. The van der Waals surface area contributed by atoms with Gasteiger partial charge in [-0.25, -0.2) is 0 Å². The Balaban J connectivity index is 0.00000180. The molecule has 0 aliphatic carbocycles. The summed E-state index contributed by atoms with van der Waals surface area (Å²) in [5, 5.41) is 0.405. The molecule has 0 amide bonds. The molecule has 0 aliphatic rings. The third-order valence-corrected chi connectivity index (χ3v) is 2.72. The van der Waals surface area contributed by atoms with Gasteiger partial charge in [-0.2, -0.15) is 0 Å². The number of allylic oxidation sites excluding steroid dienone is 1. The van der Waals surface area contributed by atoms with Gasteiger partial charge in [-0.15, -0.1) is 12.1 Å². The molecule has 2 nitrogen and oxygen atoms in total. The minimum atomic E-state index is -5.06. The first-order valence-electron chi connectivity index (χ1n) is 5.35. The van der Waals surface area contributed by atoms with Gasteiger partial charge in [0, 0.05) is 24.2 Å². The molecular formula is C12H10BF3KNO. The molecule has 0 radical (unpaired) electrons. The predicted octanol–water partition coefficient (Wildman–Crippen LogP) is -0.0517. The van der Waals surface area contributed by atoms with Gasteiger partial charge < -0.3 is 17.5 Å². The number of hydrogen-bond acceptors (Lipinski definition) is 1. The van der Waals surface area contributed by atoms with Crippen LogP contribution in [0.5, 0.6) is 0 Å². The summed E-state index contributed by atoms with van der Waals surface area (Å²) in [6.45, 7) is -2.36. The van der Waals surface area contributed by atoms with Crippen molar-refractivity contribution in [2.45, 2.75) is 6.54 Å². The van der Waals surface area contributed by atoms with Crippen LogP contribution in [0, 0.1) is 0 Å². The molecule has 0 saturated heterocycles. The van der Waals surface area contributed by atoms with E-state index < -0.39 is 12.4 Å². The number of benzene rings is 1. The molecule has 0 aliphatic heterocycles. The van der Waals surface area contributed by atoms with Crippen molar-refractivity contribution >= 4 is 17.9 Å². The number of rotatable bonds is 3. The van der Waals surface area contributed by atoms with Crippen LogP contribution in [0.1, 0.15) is 0 Å². The molecule has 1 aromatic heterocycles. The van der Waals surface area contributed by atoms with Gasteiger partial charge in [0.2, 0.25) is 0 Å². The van der Waals surface area contributed by atoms with E-state index in [-0.39, 0.29) is 63.4 Å². The Bertz CT molecular complexity index is 666. The zero-order valence-electron chi connectivity index (χ0n) is 10.4. The maximum atomic E-state index is 12.5. The van der Waals surface area contributed by atoms with Gasteiger partial charge in [0.15, 0.2) is 5.43 Å². The summed E-state index contributed by atoms with van der Waals surface area (Å²) in [4.78, 5) is 11.6. The average molecular weight is 291 g/mol. The van der Waals surface area contributed by atoms with E-state index >= 15 is 0 Å². The van der Waals surface area contributed by atoms with Crippen molar-refractivity contribution in [2.75, 3.05) is 0 Å². The van der Waals surface area contributed by atoms with E-state index in [4.69, 9.17) is 0 Å². The molecule has 19 heavy (non-hydrogen) atoms. The first-order chi connectivity index (χ1) is 8.39. The Labute approximate surface area is 150 Å². The summed E-state index contributed by atoms with van der Waals surface area (Å²) in [5.74, 6) is 0. The molecule has 0 fully saturated rings. The van der Waals surface area contributed by atoms with E-state index in [0.29, 0.717) is 10.9 Å². The summed E-state index contributed by atoms with van der Waals surface area (Å²) < 4.78 is 38.9. The molecular weight excluding hydrogens is 281 g/mol. The zero-order chi connectivity index (χ0) is 13.3. The molecule has 1 heterocycles. The number of fused-ring (bicyclic) bond motifs is 1. The fraction of sp³-hybridized carbons (Fsp3) is 0.0833. The quantitative estimate of drug-likeness (QED) is 0.727. The van der Waals surface area contributed by atoms with Crippen molar-refractivity contribution in [1.82, 2.24) is 4.57 Å². The van der Waals surface area contributed by atoms with Crippen LogP contribution in [-0.4, -0.2) is 11.5 Å². The smallest absolute Gasteiger partial charge is 0.445 e. The normalized spacial score (nSPS) is 11.1. The molecule has 1 aromatic carbocycles. The molecule has 2 rings (SSSR count). The number of aromatic nitrogens is 1. The Morgan fingerprint density at radius 3 is 2.47 bits per heavy atom. The Kier molecular flexibility index (Phi) is 5.64. The van der Waals surface area contributed by atoms with Crippen molar-refractivity contribution in [3.8, 4) is 0 Å². The van der Waals surface area contributed by atoms with Crippen LogP contribution in [0.2, 0.25) is 0 Å². The summed E-state index contributed by atoms with van der Waals surface area (Å²) >= 11 is 0. The maximum Gasteiger partial charge on any atom is 1.00 e. The van der Waals surface area contributed by atoms with Gasteiger partial charge in [-0.1, -0.05) is 12.1 Å². The fourth-order valence-corrected chi connectivity index (χ4v) is 1.72. The summed E-state index contributed by atoms with van der Waals surface area (Å²) in [5.41, 5.74) is -0.514. The second-order valence-electron chi connectivity index (χ2n) is 4.06. The topological polar surface area (TPSA) is 22.0 Å². The van der Waals surface area contributed by atoms with Crippen molar-refractivity contribution < 1.29 is 64.3 Å². The van der Waals surface area contributed by atoms with Crippen LogP contribution in [0.3, 0.4) is 0 Å². The molecule has 94 valence electrons. The number of para-hydroxylation sites is 1. The van der Waals surface area contributed by atoms with Gasteiger partial charge in [-0.05, 0) is 12.1 Å². The van der Waals surface area contributed by atoms with Crippen LogP contribution < -0.4 is 56.8 Å². The maximum absolute atomic E-state index is 12.5. The minimum Gasteiger partial charge on any atom is -0.445 e. The molecule has 0 N–H and O–H groups in total. The molecule has 2 aromatic rings. The van der Waals surface area contributed by atoms with Crippen LogP contribution in [0.15, 0.2) is 53.4 Å². The second kappa shape index (κ2) is 6.41. The molecule has 0 saturated carbocycles. The molecule has 0 bridgehead atoms. The fourth-order valence-electron chi connectivity index (χ4n) is 1.72. The van der Waals surface area contributed by atoms with Crippen molar-refractivity contribution in [3.63, 3.8) is 0 Å². The summed E-state index contributed by atoms with van der Waals surface area (Å²) in [7, 11) is 0. The van der Waals surface area contributed by atoms with E-state index in [1.165, 1.54) is 16.8 Å². The second-order valence-corrected chi connectivity index (χ2v) is 4.06. The van der Waals surface area contributed by atoms with E-state index in [9.17, 15) is 17.7 Å². The molecule has 0 atom stereocenters. The van der Waals surface area contributed by atoms with Crippen LogP contribution in [0.4, 0.5) is 12.9 Å². The van der Waals surface area contributed by atoms with Crippen LogP contribution >= 0.6 is 0 Å². The number of hydrogen-bond donors (Lipinski definition) is 0. The minimum absolute atomic E-state index is 0. The molecule has 7 heteroatoms. The monoisotopic (exact) mass is 291 g/mol. The van der Waals surface area contributed by atoms with E-state index in [1.807, 2.05) is 0 Å². The molecule has 0 unspecified atom stereocenters. The predicted molar refractivity (Wildman–Crippen MR) is 66.4 cm³/mol. The Hall–Kier alpha value is -0.339. The Morgan fingerprint density at radius 2 is 1.84 bits per heavy atom. The third kappa shape index (κ3) is 3.82. The van der Waals surface area contributed by atoms with Crippen molar-refractivity contribution in [2.24, 2.45) is 0 Å². The average Bonchev–Trinajstić information content (AvgIpc) is 2.32. The first-order valence-corrected chi connectivity index (χ1v) is 5.35. The summed E-state index contributed by atoms with van der Waals surface area (Å²) in [6, 6.07) is 7.83. The van der Waals surface area contributed by atoms with Crippen LogP contribution in [-0.2, 0) is 6.54 Å². The SMILES string of the molecule is C=C(Cn1ccc(=O)c2ccccc21)[B-](F)(F)F.[K+]. The number of pyridine rings is 1. The third-order valence-electron chi connectivity index (χ3n) is 2.72. The van der Waals surface area contributed by atoms with Gasteiger partial charge in [-0.3, -0.25) is 4.79 Å². The van der Waals surface area contributed by atoms with Crippen molar-refractivity contribution in [3.05, 3.63) is 58.8 Å². The largest absolute Gasteiger partial charge is 1.00 e. The standard InChI is InChI=1S/C12H10BF3NO.K/c1-9(13(14,15)16)8-17-7-6-12(18)10-4-2-3-5-11(10)17;/h2-7H,1,8H2;/q-1;+1. The van der Waals surface area contributed by atoms with E-state index in [0.717, 1.165) is 0 Å². The van der Waals surface area contributed by atoms with E-state index in [1.54, 1.807) is 24.3 Å². The van der Waals surface area contributed by atoms with Crippen molar-refractivity contribution in [1.29, 1.82) is 0 Å². The van der Waals surface area contributed by atoms with Gasteiger partial charge >= 0.3 is 58.4 Å². The zero-order valence-corrected chi connectivity index (χ0v) is 13.6. The van der Waals surface area contributed by atoms with E-state index in [2.05, 4.69) is 6.58 Å². The van der Waals surface area contributed by atoms with Gasteiger partial charge in [0.05, 0.1) is 5.52 Å².